The number of para-hydroxylation sites is 1. The Morgan fingerprint density at radius 3 is 2.78 bits per heavy atom. The maximum atomic E-state index is 12.9. The predicted octanol–water partition coefficient (Wildman–Crippen LogP) is 4.61. The van der Waals surface area contributed by atoms with Gasteiger partial charge >= 0.3 is 0 Å². The van der Waals surface area contributed by atoms with E-state index >= 15 is 0 Å². The summed E-state index contributed by atoms with van der Waals surface area (Å²) in [5.41, 5.74) is 1.37. The van der Waals surface area contributed by atoms with Gasteiger partial charge in [-0.05, 0) is 50.1 Å². The molecule has 1 saturated carbocycles. The van der Waals surface area contributed by atoms with Gasteiger partial charge in [-0.15, -0.1) is 0 Å². The Hall–Kier alpha value is -2.12. The maximum absolute atomic E-state index is 12.9. The Labute approximate surface area is 169 Å². The molecule has 7 heteroatoms. The molecular formula is C20H18BrN3O2S. The Morgan fingerprint density at radius 2 is 2.04 bits per heavy atom. The Bertz CT molecular complexity index is 1080. The van der Waals surface area contributed by atoms with Crippen molar-refractivity contribution in [3.63, 3.8) is 0 Å². The van der Waals surface area contributed by atoms with Gasteiger partial charge in [-0.25, -0.2) is 4.98 Å². The van der Waals surface area contributed by atoms with E-state index in [-0.39, 0.29) is 22.8 Å². The number of fused-ring (bicyclic) bond motifs is 1. The molecule has 0 spiro atoms. The third-order valence-corrected chi connectivity index (χ3v) is 5.99. The summed E-state index contributed by atoms with van der Waals surface area (Å²) < 4.78 is 2.66. The molecule has 138 valence electrons. The van der Waals surface area contributed by atoms with Crippen LogP contribution in [0.3, 0.4) is 0 Å². The molecule has 1 N–H and O–H groups in total. The van der Waals surface area contributed by atoms with Crippen LogP contribution in [-0.4, -0.2) is 20.7 Å². The van der Waals surface area contributed by atoms with E-state index in [2.05, 4.69) is 26.2 Å². The summed E-state index contributed by atoms with van der Waals surface area (Å²) >= 11 is 4.73. The average Bonchev–Trinajstić information content (AvgIpc) is 3.47. The molecule has 0 bridgehead atoms. The van der Waals surface area contributed by atoms with E-state index in [9.17, 15) is 9.59 Å². The minimum absolute atomic E-state index is 0.0230. The van der Waals surface area contributed by atoms with Crippen LogP contribution in [0.5, 0.6) is 0 Å². The van der Waals surface area contributed by atoms with E-state index in [1.165, 1.54) is 11.8 Å². The topological polar surface area (TPSA) is 64.0 Å². The fraction of sp³-hybridized carbons (Fsp3) is 0.250. The predicted molar refractivity (Wildman–Crippen MR) is 112 cm³/mol. The number of aromatic nitrogens is 2. The molecule has 1 fully saturated rings. The molecule has 4 rings (SSSR count). The highest BCUT2D eigenvalue weighted by molar-refractivity contribution is 9.10. The number of anilines is 1. The van der Waals surface area contributed by atoms with E-state index in [1.807, 2.05) is 49.4 Å². The molecule has 0 saturated heterocycles. The van der Waals surface area contributed by atoms with Gasteiger partial charge in [-0.2, -0.15) is 0 Å². The minimum atomic E-state index is -0.387. The number of nitrogens with one attached hydrogen (secondary N) is 1. The maximum Gasteiger partial charge on any atom is 0.262 e. The number of amides is 1. The lowest BCUT2D eigenvalue weighted by Crippen LogP contribution is -2.26. The van der Waals surface area contributed by atoms with Gasteiger partial charge in [0.1, 0.15) is 0 Å². The quantitative estimate of drug-likeness (QED) is 0.461. The van der Waals surface area contributed by atoms with Gasteiger partial charge < -0.3 is 5.32 Å². The van der Waals surface area contributed by atoms with Gasteiger partial charge in [-0.3, -0.25) is 14.2 Å². The summed E-state index contributed by atoms with van der Waals surface area (Å²) in [6.07, 6.45) is 1.96. The first-order valence-corrected chi connectivity index (χ1v) is 10.4. The van der Waals surface area contributed by atoms with Gasteiger partial charge in [0.15, 0.2) is 5.16 Å². The number of rotatable bonds is 5. The summed E-state index contributed by atoms with van der Waals surface area (Å²) in [7, 11) is 0. The first-order valence-electron chi connectivity index (χ1n) is 8.77. The molecule has 1 aliphatic carbocycles. The van der Waals surface area contributed by atoms with Gasteiger partial charge in [0, 0.05) is 16.2 Å². The lowest BCUT2D eigenvalue weighted by atomic mass is 10.2. The fourth-order valence-corrected chi connectivity index (χ4v) is 4.26. The van der Waals surface area contributed by atoms with Crippen LogP contribution in [0.25, 0.3) is 10.9 Å². The number of hydrogen-bond donors (Lipinski definition) is 1. The second kappa shape index (κ2) is 7.48. The molecule has 1 atom stereocenters. The normalized spacial score (nSPS) is 14.9. The van der Waals surface area contributed by atoms with E-state index in [0.29, 0.717) is 16.1 Å². The Balaban J connectivity index is 1.61. The fourth-order valence-electron chi connectivity index (χ4n) is 2.89. The first kappa shape index (κ1) is 18.3. The van der Waals surface area contributed by atoms with Crippen LogP contribution in [-0.2, 0) is 4.79 Å². The summed E-state index contributed by atoms with van der Waals surface area (Å²) in [5, 5.41) is 3.76. The number of carbonyl (C=O) groups excluding carboxylic acids is 1. The van der Waals surface area contributed by atoms with E-state index in [1.54, 1.807) is 10.6 Å². The molecule has 0 aliphatic heterocycles. The summed E-state index contributed by atoms with van der Waals surface area (Å²) in [5.74, 6) is -0.122. The van der Waals surface area contributed by atoms with Gasteiger partial charge in [0.25, 0.3) is 5.56 Å². The van der Waals surface area contributed by atoms with Crippen LogP contribution in [0.4, 0.5) is 5.69 Å². The van der Waals surface area contributed by atoms with Crippen molar-refractivity contribution >= 4 is 50.2 Å². The monoisotopic (exact) mass is 443 g/mol. The van der Waals surface area contributed by atoms with Crippen molar-refractivity contribution in [2.24, 2.45) is 0 Å². The van der Waals surface area contributed by atoms with Crippen LogP contribution in [0.15, 0.2) is 63.0 Å². The molecule has 1 unspecified atom stereocenters. The second-order valence-corrected chi connectivity index (χ2v) is 8.80. The van der Waals surface area contributed by atoms with Crippen LogP contribution in [0.1, 0.15) is 25.8 Å². The number of thioether (sulfide) groups is 1. The zero-order valence-electron chi connectivity index (χ0n) is 14.7. The van der Waals surface area contributed by atoms with Crippen molar-refractivity contribution in [3.05, 3.63) is 63.4 Å². The molecule has 0 radical (unpaired) electrons. The molecule has 3 aromatic rings. The Kier molecular flexibility index (Phi) is 5.06. The lowest BCUT2D eigenvalue weighted by Gasteiger charge is -2.16. The number of benzene rings is 2. The van der Waals surface area contributed by atoms with Gasteiger partial charge in [-0.1, -0.05) is 45.9 Å². The van der Waals surface area contributed by atoms with E-state index in [4.69, 9.17) is 0 Å². The number of nitrogens with zero attached hydrogens (tertiary/aromatic N) is 2. The standard InChI is InChI=1S/C20H18BrN3O2S/c1-12(18(25)22-14-6-4-5-13(21)11-14)27-20-23-17-8-3-2-7-16(17)19(26)24(20)15-9-10-15/h2-8,11-12,15H,9-10H2,1H3,(H,22,25). The lowest BCUT2D eigenvalue weighted by molar-refractivity contribution is -0.115. The molecule has 1 heterocycles. The second-order valence-electron chi connectivity index (χ2n) is 6.58. The third kappa shape index (κ3) is 3.94. The molecule has 1 aromatic heterocycles. The van der Waals surface area contributed by atoms with E-state index < -0.39 is 0 Å². The van der Waals surface area contributed by atoms with Crippen molar-refractivity contribution < 1.29 is 4.79 Å². The molecular weight excluding hydrogens is 426 g/mol. The van der Waals surface area contributed by atoms with Crippen LogP contribution >= 0.6 is 27.7 Å². The first-order chi connectivity index (χ1) is 13.0. The van der Waals surface area contributed by atoms with Crippen LogP contribution in [0, 0.1) is 0 Å². The number of hydrogen-bond acceptors (Lipinski definition) is 4. The van der Waals surface area contributed by atoms with Crippen molar-refractivity contribution in [3.8, 4) is 0 Å². The zero-order chi connectivity index (χ0) is 19.0. The SMILES string of the molecule is CC(Sc1nc2ccccc2c(=O)n1C1CC1)C(=O)Nc1cccc(Br)c1. The molecule has 5 nitrogen and oxygen atoms in total. The average molecular weight is 444 g/mol. The van der Waals surface area contributed by atoms with Crippen LogP contribution in [0.2, 0.25) is 0 Å². The third-order valence-electron chi connectivity index (χ3n) is 4.43. The van der Waals surface area contributed by atoms with Crippen molar-refractivity contribution in [1.82, 2.24) is 9.55 Å². The highest BCUT2D eigenvalue weighted by Crippen LogP contribution is 2.37. The number of halogens is 1. The summed E-state index contributed by atoms with van der Waals surface area (Å²) in [6.45, 7) is 1.83. The van der Waals surface area contributed by atoms with Crippen molar-refractivity contribution in [2.45, 2.75) is 36.2 Å². The highest BCUT2D eigenvalue weighted by Gasteiger charge is 2.30. The largest absolute Gasteiger partial charge is 0.325 e. The molecule has 27 heavy (non-hydrogen) atoms. The summed E-state index contributed by atoms with van der Waals surface area (Å²) in [6, 6.07) is 15.0. The molecule has 1 aliphatic rings. The molecule has 1 amide bonds. The Morgan fingerprint density at radius 1 is 1.26 bits per heavy atom. The van der Waals surface area contributed by atoms with Crippen LogP contribution < -0.4 is 10.9 Å². The van der Waals surface area contributed by atoms with Gasteiger partial charge in [0.05, 0.1) is 16.2 Å². The van der Waals surface area contributed by atoms with Crippen molar-refractivity contribution in [2.75, 3.05) is 5.32 Å². The smallest absolute Gasteiger partial charge is 0.262 e. The van der Waals surface area contributed by atoms with E-state index in [0.717, 1.165) is 23.0 Å². The highest BCUT2D eigenvalue weighted by atomic mass is 79.9. The zero-order valence-corrected chi connectivity index (χ0v) is 17.1. The molecule has 2 aromatic carbocycles. The minimum Gasteiger partial charge on any atom is -0.325 e. The van der Waals surface area contributed by atoms with Gasteiger partial charge in [0.2, 0.25) is 5.91 Å². The summed E-state index contributed by atoms with van der Waals surface area (Å²) in [4.78, 5) is 30.2. The number of carbonyl (C=O) groups is 1. The van der Waals surface area contributed by atoms with Crippen molar-refractivity contribution in [1.29, 1.82) is 0 Å².